The predicted molar refractivity (Wildman–Crippen MR) is 113 cm³/mol. The molecule has 0 aliphatic rings. The molecule has 4 aromatic rings. The lowest BCUT2D eigenvalue weighted by atomic mass is 9.96. The number of fused-ring (bicyclic) bond motifs is 1. The standard InChI is InChI=1S/C26H21F3/c1-2-3-4-17-5-6-19-12-20(8-7-18(19)11-17)21-9-10-25(26(29)15-21)22-13-23(27)16-24(28)14-22/h5-16H,2-4H2,1H3. The van der Waals surface area contributed by atoms with Crippen LogP contribution in [0.25, 0.3) is 33.0 Å². The zero-order valence-corrected chi connectivity index (χ0v) is 16.2. The van der Waals surface area contributed by atoms with E-state index in [0.717, 1.165) is 46.5 Å². The van der Waals surface area contributed by atoms with Gasteiger partial charge in [-0.25, -0.2) is 13.2 Å². The minimum atomic E-state index is -0.726. The third-order valence-corrected chi connectivity index (χ3v) is 5.20. The molecular formula is C26H21F3. The van der Waals surface area contributed by atoms with Gasteiger partial charge in [-0.1, -0.05) is 55.8 Å². The number of halogens is 3. The summed E-state index contributed by atoms with van der Waals surface area (Å²) in [6, 6.07) is 20.3. The highest BCUT2D eigenvalue weighted by atomic mass is 19.1. The molecule has 4 aromatic carbocycles. The maximum atomic E-state index is 14.7. The van der Waals surface area contributed by atoms with E-state index in [0.29, 0.717) is 0 Å². The average molecular weight is 390 g/mol. The Bertz CT molecular complexity index is 1160. The van der Waals surface area contributed by atoms with Crippen molar-refractivity contribution in [3.8, 4) is 22.3 Å². The SMILES string of the molecule is CCCCc1ccc2cc(-c3ccc(-c4cc(F)cc(F)c4)c(F)c3)ccc2c1. The summed E-state index contributed by atoms with van der Waals surface area (Å²) in [5.41, 5.74) is 3.30. The molecule has 0 fully saturated rings. The first-order valence-corrected chi connectivity index (χ1v) is 9.82. The Morgan fingerprint density at radius 3 is 2.00 bits per heavy atom. The highest BCUT2D eigenvalue weighted by Crippen LogP contribution is 2.31. The van der Waals surface area contributed by atoms with Gasteiger partial charge in [-0.15, -0.1) is 0 Å². The van der Waals surface area contributed by atoms with Gasteiger partial charge in [0.15, 0.2) is 0 Å². The highest BCUT2D eigenvalue weighted by Gasteiger charge is 2.10. The Morgan fingerprint density at radius 1 is 0.621 bits per heavy atom. The monoisotopic (exact) mass is 390 g/mol. The molecule has 0 N–H and O–H groups in total. The molecule has 0 aromatic heterocycles. The second-order valence-corrected chi connectivity index (χ2v) is 7.35. The van der Waals surface area contributed by atoms with Crippen LogP contribution < -0.4 is 0 Å². The average Bonchev–Trinajstić information content (AvgIpc) is 2.71. The topological polar surface area (TPSA) is 0 Å². The quantitative estimate of drug-likeness (QED) is 0.324. The van der Waals surface area contributed by atoms with Crippen LogP contribution in [0.2, 0.25) is 0 Å². The lowest BCUT2D eigenvalue weighted by Crippen LogP contribution is -1.90. The second-order valence-electron chi connectivity index (χ2n) is 7.35. The Balaban J connectivity index is 1.67. The van der Waals surface area contributed by atoms with E-state index in [4.69, 9.17) is 0 Å². The first-order chi connectivity index (χ1) is 14.0. The Kier molecular flexibility index (Phi) is 5.39. The van der Waals surface area contributed by atoms with Crippen molar-refractivity contribution >= 4 is 10.8 Å². The highest BCUT2D eigenvalue weighted by molar-refractivity contribution is 5.88. The van der Waals surface area contributed by atoms with Crippen LogP contribution in [0.4, 0.5) is 13.2 Å². The van der Waals surface area contributed by atoms with Crippen molar-refractivity contribution in [2.24, 2.45) is 0 Å². The van der Waals surface area contributed by atoms with E-state index >= 15 is 0 Å². The molecule has 0 aliphatic carbocycles. The summed E-state index contributed by atoms with van der Waals surface area (Å²) in [6.07, 6.45) is 3.41. The normalized spacial score (nSPS) is 11.2. The van der Waals surface area contributed by atoms with Gasteiger partial charge in [0, 0.05) is 11.6 Å². The largest absolute Gasteiger partial charge is 0.207 e. The van der Waals surface area contributed by atoms with Gasteiger partial charge in [-0.3, -0.25) is 0 Å². The summed E-state index contributed by atoms with van der Waals surface area (Å²) in [6.45, 7) is 2.18. The molecule has 0 heterocycles. The van der Waals surface area contributed by atoms with E-state index in [-0.39, 0.29) is 11.1 Å². The van der Waals surface area contributed by atoms with E-state index in [1.807, 2.05) is 18.2 Å². The molecule has 146 valence electrons. The van der Waals surface area contributed by atoms with Crippen LogP contribution in [0.3, 0.4) is 0 Å². The molecule has 4 rings (SSSR count). The summed E-state index contributed by atoms with van der Waals surface area (Å²) in [5, 5.41) is 2.26. The van der Waals surface area contributed by atoms with Crippen molar-refractivity contribution in [3.05, 3.63) is 95.8 Å². The van der Waals surface area contributed by atoms with E-state index < -0.39 is 17.5 Å². The lowest BCUT2D eigenvalue weighted by molar-refractivity contribution is 0.583. The van der Waals surface area contributed by atoms with E-state index in [2.05, 4.69) is 25.1 Å². The van der Waals surface area contributed by atoms with E-state index in [9.17, 15) is 13.2 Å². The van der Waals surface area contributed by atoms with Crippen LogP contribution in [-0.4, -0.2) is 0 Å². The van der Waals surface area contributed by atoms with Gasteiger partial charge in [0.05, 0.1) is 0 Å². The first-order valence-electron chi connectivity index (χ1n) is 9.82. The Hall–Kier alpha value is -3.07. The fourth-order valence-corrected chi connectivity index (χ4v) is 3.65. The number of hydrogen-bond donors (Lipinski definition) is 0. The minimum absolute atomic E-state index is 0.175. The number of rotatable bonds is 5. The van der Waals surface area contributed by atoms with Crippen LogP contribution in [0, 0.1) is 17.5 Å². The molecule has 0 bridgehead atoms. The van der Waals surface area contributed by atoms with Crippen LogP contribution in [0.15, 0.2) is 72.8 Å². The van der Waals surface area contributed by atoms with Gasteiger partial charge in [0.1, 0.15) is 17.5 Å². The fourth-order valence-electron chi connectivity index (χ4n) is 3.65. The van der Waals surface area contributed by atoms with Crippen molar-refractivity contribution in [1.82, 2.24) is 0 Å². The van der Waals surface area contributed by atoms with E-state index in [1.165, 1.54) is 24.5 Å². The maximum Gasteiger partial charge on any atom is 0.131 e. The molecule has 0 saturated heterocycles. The molecule has 0 atom stereocenters. The molecule has 29 heavy (non-hydrogen) atoms. The number of hydrogen-bond acceptors (Lipinski definition) is 0. The van der Waals surface area contributed by atoms with Crippen LogP contribution in [0.1, 0.15) is 25.3 Å². The second kappa shape index (κ2) is 8.12. The molecule has 0 unspecified atom stereocenters. The molecular weight excluding hydrogens is 369 g/mol. The molecule has 0 saturated carbocycles. The van der Waals surface area contributed by atoms with Gasteiger partial charge in [-0.2, -0.15) is 0 Å². The fraction of sp³-hybridized carbons (Fsp3) is 0.154. The van der Waals surface area contributed by atoms with E-state index in [1.54, 1.807) is 12.1 Å². The molecule has 0 aliphatic heterocycles. The first kappa shape index (κ1) is 19.3. The Labute approximate surface area is 168 Å². The third-order valence-electron chi connectivity index (χ3n) is 5.20. The van der Waals surface area contributed by atoms with Crippen molar-refractivity contribution in [3.63, 3.8) is 0 Å². The van der Waals surface area contributed by atoms with Crippen molar-refractivity contribution in [2.75, 3.05) is 0 Å². The van der Waals surface area contributed by atoms with Gasteiger partial charge in [0.2, 0.25) is 0 Å². The summed E-state index contributed by atoms with van der Waals surface area (Å²) in [5.74, 6) is -1.96. The van der Waals surface area contributed by atoms with Gasteiger partial charge >= 0.3 is 0 Å². The third kappa shape index (κ3) is 4.19. The van der Waals surface area contributed by atoms with Gasteiger partial charge in [-0.05, 0) is 70.1 Å². The van der Waals surface area contributed by atoms with Gasteiger partial charge in [0.25, 0.3) is 0 Å². The smallest absolute Gasteiger partial charge is 0.131 e. The molecule has 0 amide bonds. The number of unbranched alkanes of at least 4 members (excludes halogenated alkanes) is 1. The minimum Gasteiger partial charge on any atom is -0.207 e. The zero-order valence-electron chi connectivity index (χ0n) is 16.2. The number of benzene rings is 4. The summed E-state index contributed by atoms with van der Waals surface area (Å²) in [7, 11) is 0. The molecule has 3 heteroatoms. The van der Waals surface area contributed by atoms with Crippen LogP contribution in [0.5, 0.6) is 0 Å². The summed E-state index contributed by atoms with van der Waals surface area (Å²) in [4.78, 5) is 0. The molecule has 0 nitrogen and oxygen atoms in total. The van der Waals surface area contributed by atoms with Gasteiger partial charge < -0.3 is 0 Å². The van der Waals surface area contributed by atoms with Crippen molar-refractivity contribution < 1.29 is 13.2 Å². The molecule has 0 spiro atoms. The number of aryl methyl sites for hydroxylation is 1. The van der Waals surface area contributed by atoms with Crippen molar-refractivity contribution in [2.45, 2.75) is 26.2 Å². The van der Waals surface area contributed by atoms with Crippen molar-refractivity contribution in [1.29, 1.82) is 0 Å². The maximum absolute atomic E-state index is 14.7. The lowest BCUT2D eigenvalue weighted by Gasteiger charge is -2.09. The Morgan fingerprint density at radius 2 is 1.28 bits per heavy atom. The summed E-state index contributed by atoms with van der Waals surface area (Å²) >= 11 is 0. The predicted octanol–water partition coefficient (Wildman–Crippen LogP) is 7.93. The zero-order chi connectivity index (χ0) is 20.4. The molecule has 0 radical (unpaired) electrons. The van der Waals surface area contributed by atoms with Crippen LogP contribution in [-0.2, 0) is 6.42 Å². The summed E-state index contributed by atoms with van der Waals surface area (Å²) < 4.78 is 41.7. The van der Waals surface area contributed by atoms with Crippen LogP contribution >= 0.6 is 0 Å².